The van der Waals surface area contributed by atoms with E-state index < -0.39 is 10.0 Å². The Hall–Kier alpha value is -3.12. The Labute approximate surface area is 196 Å². The van der Waals surface area contributed by atoms with Crippen LogP contribution in [0.2, 0.25) is 0 Å². The van der Waals surface area contributed by atoms with Crippen LogP contribution < -0.4 is 4.72 Å². The maximum absolute atomic E-state index is 13.3. The fourth-order valence-electron chi connectivity index (χ4n) is 4.51. The van der Waals surface area contributed by atoms with E-state index in [1.807, 2.05) is 70.2 Å². The van der Waals surface area contributed by atoms with Crippen molar-refractivity contribution >= 4 is 26.7 Å². The number of rotatable bonds is 7. The highest BCUT2D eigenvalue weighted by Gasteiger charge is 2.22. The first-order valence-electron chi connectivity index (χ1n) is 11.3. The van der Waals surface area contributed by atoms with Crippen LogP contribution in [0, 0.1) is 27.7 Å². The van der Waals surface area contributed by atoms with Gasteiger partial charge >= 0.3 is 0 Å². The molecule has 5 nitrogen and oxygen atoms in total. The van der Waals surface area contributed by atoms with Crippen LogP contribution in [0.1, 0.15) is 40.6 Å². The minimum absolute atomic E-state index is 0.377. The van der Waals surface area contributed by atoms with Gasteiger partial charge in [0.25, 0.3) is 10.0 Å². The Bertz CT molecular complexity index is 1410. The molecule has 172 valence electrons. The number of fused-ring (bicyclic) bond motifs is 1. The van der Waals surface area contributed by atoms with E-state index in [2.05, 4.69) is 22.3 Å². The summed E-state index contributed by atoms with van der Waals surface area (Å²) < 4.78 is 31.6. The van der Waals surface area contributed by atoms with E-state index in [9.17, 15) is 8.42 Å². The summed E-state index contributed by atoms with van der Waals surface area (Å²) in [4.78, 5) is 5.18. The smallest absolute Gasteiger partial charge is 0.262 e. The van der Waals surface area contributed by atoms with Crippen molar-refractivity contribution in [3.05, 3.63) is 88.2 Å². The summed E-state index contributed by atoms with van der Waals surface area (Å²) in [6.07, 6.45) is 1.56. The number of nitrogens with one attached hydrogen (secondary N) is 1. The van der Waals surface area contributed by atoms with E-state index in [0.717, 1.165) is 64.1 Å². The molecule has 33 heavy (non-hydrogen) atoms. The molecule has 6 heteroatoms. The molecule has 4 rings (SSSR count). The number of sulfonamides is 1. The molecule has 1 heterocycles. The first-order valence-corrected chi connectivity index (χ1v) is 12.8. The first kappa shape index (κ1) is 23.1. The number of anilines is 1. The summed E-state index contributed by atoms with van der Waals surface area (Å²) >= 11 is 0. The topological polar surface area (TPSA) is 64.0 Å². The van der Waals surface area contributed by atoms with Gasteiger partial charge in [-0.25, -0.2) is 13.4 Å². The molecule has 0 aliphatic carbocycles. The highest BCUT2D eigenvalue weighted by atomic mass is 32.2. The number of hydrogen-bond donors (Lipinski definition) is 1. The minimum Gasteiger partial charge on any atom is -0.328 e. The maximum atomic E-state index is 13.3. The van der Waals surface area contributed by atoms with Gasteiger partial charge in [-0.1, -0.05) is 30.3 Å². The van der Waals surface area contributed by atoms with E-state index in [0.29, 0.717) is 10.6 Å². The Balaban J connectivity index is 1.57. The van der Waals surface area contributed by atoms with Crippen LogP contribution in [-0.4, -0.2) is 18.0 Å². The third-order valence-electron chi connectivity index (χ3n) is 6.43. The fraction of sp³-hybridized carbons (Fsp3) is 0.296. The van der Waals surface area contributed by atoms with Crippen molar-refractivity contribution < 1.29 is 8.42 Å². The molecule has 0 spiro atoms. The molecule has 0 atom stereocenters. The molecule has 0 saturated heterocycles. The van der Waals surface area contributed by atoms with Crippen molar-refractivity contribution in [3.8, 4) is 0 Å². The second-order valence-corrected chi connectivity index (χ2v) is 10.3. The number of imidazole rings is 1. The van der Waals surface area contributed by atoms with Crippen molar-refractivity contribution in [2.45, 2.75) is 58.9 Å². The molecule has 3 aromatic carbocycles. The standard InChI is InChI=1S/C27H31N3O2S/c1-6-30-25-13-8-7-12-24(25)28-26(30)15-14-22-10-9-11-23(17-22)29-33(31,32)27-20(4)18(2)16-19(3)21(27)5/h7-13,16-17,29H,6,14-15H2,1-5H3. The molecule has 0 radical (unpaired) electrons. The Morgan fingerprint density at radius 1 is 0.879 bits per heavy atom. The molecule has 0 unspecified atom stereocenters. The molecule has 0 saturated carbocycles. The van der Waals surface area contributed by atoms with E-state index >= 15 is 0 Å². The van der Waals surface area contributed by atoms with Crippen LogP contribution in [0.15, 0.2) is 59.5 Å². The molecule has 4 aromatic rings. The third-order valence-corrected chi connectivity index (χ3v) is 8.09. The largest absolute Gasteiger partial charge is 0.328 e. The van der Waals surface area contributed by atoms with Crippen LogP contribution in [0.25, 0.3) is 11.0 Å². The SMILES string of the molecule is CCn1c(CCc2cccc(NS(=O)(=O)c3c(C)c(C)cc(C)c3C)c2)nc2ccccc21. The Morgan fingerprint density at radius 2 is 1.58 bits per heavy atom. The summed E-state index contributed by atoms with van der Waals surface area (Å²) in [5.74, 6) is 1.05. The van der Waals surface area contributed by atoms with Crippen molar-refractivity contribution in [2.24, 2.45) is 0 Å². The lowest BCUT2D eigenvalue weighted by Gasteiger charge is -2.17. The lowest BCUT2D eigenvalue weighted by atomic mass is 10.0. The molecule has 1 N–H and O–H groups in total. The summed E-state index contributed by atoms with van der Waals surface area (Å²) in [5.41, 5.74) is 7.34. The first-order chi connectivity index (χ1) is 15.7. The molecule has 1 aromatic heterocycles. The van der Waals surface area contributed by atoms with Gasteiger partial charge < -0.3 is 4.57 Å². The normalized spacial score (nSPS) is 11.8. The van der Waals surface area contributed by atoms with Crippen LogP contribution in [-0.2, 0) is 29.4 Å². The second kappa shape index (κ2) is 9.02. The molecule has 0 aliphatic heterocycles. The van der Waals surface area contributed by atoms with Crippen molar-refractivity contribution in [2.75, 3.05) is 4.72 Å². The number of aromatic nitrogens is 2. The Morgan fingerprint density at radius 3 is 2.27 bits per heavy atom. The summed E-state index contributed by atoms with van der Waals surface area (Å²) in [7, 11) is -3.70. The van der Waals surface area contributed by atoms with Gasteiger partial charge in [-0.3, -0.25) is 4.72 Å². The molecule has 0 bridgehead atoms. The van der Waals surface area contributed by atoms with E-state index in [4.69, 9.17) is 4.98 Å². The predicted molar refractivity (Wildman–Crippen MR) is 135 cm³/mol. The van der Waals surface area contributed by atoms with Gasteiger partial charge in [-0.15, -0.1) is 0 Å². The maximum Gasteiger partial charge on any atom is 0.262 e. The predicted octanol–water partition coefficient (Wildman–Crippen LogP) is 5.88. The zero-order valence-electron chi connectivity index (χ0n) is 19.9. The number of hydrogen-bond acceptors (Lipinski definition) is 3. The van der Waals surface area contributed by atoms with Gasteiger partial charge in [0.05, 0.1) is 15.9 Å². The third kappa shape index (κ3) is 4.53. The zero-order chi connectivity index (χ0) is 23.8. The average Bonchev–Trinajstić information content (AvgIpc) is 3.14. The highest BCUT2D eigenvalue weighted by molar-refractivity contribution is 7.92. The molecule has 0 fully saturated rings. The lowest BCUT2D eigenvalue weighted by molar-refractivity contribution is 0.599. The van der Waals surface area contributed by atoms with Gasteiger partial charge in [0.15, 0.2) is 0 Å². The van der Waals surface area contributed by atoms with Gasteiger partial charge in [-0.05, 0) is 93.1 Å². The number of benzene rings is 3. The summed E-state index contributed by atoms with van der Waals surface area (Å²) in [5, 5.41) is 0. The highest BCUT2D eigenvalue weighted by Crippen LogP contribution is 2.28. The zero-order valence-corrected chi connectivity index (χ0v) is 20.8. The average molecular weight is 462 g/mol. The van der Waals surface area contributed by atoms with E-state index in [-0.39, 0.29) is 0 Å². The van der Waals surface area contributed by atoms with E-state index in [1.165, 1.54) is 0 Å². The Kier molecular flexibility index (Phi) is 6.30. The van der Waals surface area contributed by atoms with Crippen LogP contribution in [0.5, 0.6) is 0 Å². The minimum atomic E-state index is -3.70. The number of aryl methyl sites for hydroxylation is 5. The van der Waals surface area contributed by atoms with Crippen molar-refractivity contribution in [1.82, 2.24) is 9.55 Å². The van der Waals surface area contributed by atoms with Crippen LogP contribution >= 0.6 is 0 Å². The molecule has 0 aliphatic rings. The molecular weight excluding hydrogens is 430 g/mol. The quantitative estimate of drug-likeness (QED) is 0.374. The van der Waals surface area contributed by atoms with E-state index in [1.54, 1.807) is 6.07 Å². The van der Waals surface area contributed by atoms with Crippen LogP contribution in [0.4, 0.5) is 5.69 Å². The summed E-state index contributed by atoms with van der Waals surface area (Å²) in [6.45, 7) is 10.6. The molecule has 0 amide bonds. The summed E-state index contributed by atoms with van der Waals surface area (Å²) in [6, 6.07) is 17.9. The van der Waals surface area contributed by atoms with Crippen LogP contribution in [0.3, 0.4) is 0 Å². The van der Waals surface area contributed by atoms with Crippen molar-refractivity contribution in [3.63, 3.8) is 0 Å². The number of nitrogens with zero attached hydrogens (tertiary/aromatic N) is 2. The van der Waals surface area contributed by atoms with Crippen molar-refractivity contribution in [1.29, 1.82) is 0 Å². The van der Waals surface area contributed by atoms with Gasteiger partial charge in [-0.2, -0.15) is 0 Å². The monoisotopic (exact) mass is 461 g/mol. The lowest BCUT2D eigenvalue weighted by Crippen LogP contribution is -2.17. The van der Waals surface area contributed by atoms with Gasteiger partial charge in [0, 0.05) is 18.7 Å². The number of para-hydroxylation sites is 2. The van der Waals surface area contributed by atoms with Gasteiger partial charge in [0.1, 0.15) is 5.82 Å². The second-order valence-electron chi connectivity index (χ2n) is 8.66. The molecular formula is C27H31N3O2S. The van der Waals surface area contributed by atoms with Gasteiger partial charge in [0.2, 0.25) is 0 Å². The fourth-order valence-corrected chi connectivity index (χ4v) is 6.17.